The zero-order valence-corrected chi connectivity index (χ0v) is 19.5. The fourth-order valence-electron chi connectivity index (χ4n) is 6.03. The number of rotatable bonds is 8. The van der Waals surface area contributed by atoms with Crippen molar-refractivity contribution in [3.63, 3.8) is 0 Å². The maximum atomic E-state index is 10.5. The van der Waals surface area contributed by atoms with E-state index in [1.807, 2.05) is 12.1 Å². The van der Waals surface area contributed by atoms with Crippen LogP contribution in [0.2, 0.25) is 0 Å². The molecule has 2 nitrogen and oxygen atoms in total. The van der Waals surface area contributed by atoms with E-state index in [1.54, 1.807) is 11.1 Å². The molecule has 0 bridgehead atoms. The Morgan fingerprint density at radius 1 is 0.848 bits per heavy atom. The summed E-state index contributed by atoms with van der Waals surface area (Å²) >= 11 is 0. The molecule has 0 N–H and O–H groups in total. The third-order valence-electron chi connectivity index (χ3n) is 7.93. The number of benzene rings is 3. The number of nitrogens with zero attached hydrogens (tertiary/aromatic N) is 2. The summed E-state index contributed by atoms with van der Waals surface area (Å²) in [6, 6.07) is 31.3. The number of hydrogen-bond donors (Lipinski definition) is 0. The highest BCUT2D eigenvalue weighted by Crippen LogP contribution is 2.36. The van der Waals surface area contributed by atoms with E-state index in [9.17, 15) is 5.26 Å². The third kappa shape index (κ3) is 4.61. The molecule has 0 radical (unpaired) electrons. The molecule has 1 aliphatic heterocycles. The standard InChI is InChI=1S/C31H34N2/c32-24-31(28-11-3-1-4-12-28,29-13-5-2-6-14-29)20-22-33-21-8-15-30(33)19-17-25-16-18-26-9-7-10-27(26)23-25/h1-6,11-14,16,18,23,30H,7-10,15,17,19-22H2/t30-/m0/s1. The van der Waals surface area contributed by atoms with Gasteiger partial charge in [0.25, 0.3) is 0 Å². The lowest BCUT2D eigenvalue weighted by atomic mass is 9.73. The molecule has 1 heterocycles. The summed E-state index contributed by atoms with van der Waals surface area (Å²) in [6.07, 6.45) is 9.59. The van der Waals surface area contributed by atoms with Crippen LogP contribution >= 0.6 is 0 Å². The number of fused-ring (bicyclic) bond motifs is 1. The van der Waals surface area contributed by atoms with Crippen LogP contribution in [0.3, 0.4) is 0 Å². The molecule has 0 amide bonds. The Kier molecular flexibility index (Phi) is 6.60. The molecule has 2 heteroatoms. The van der Waals surface area contributed by atoms with E-state index in [4.69, 9.17) is 0 Å². The molecule has 0 unspecified atom stereocenters. The van der Waals surface area contributed by atoms with E-state index < -0.39 is 5.41 Å². The van der Waals surface area contributed by atoms with Gasteiger partial charge in [-0.05, 0) is 85.7 Å². The van der Waals surface area contributed by atoms with Gasteiger partial charge in [-0.2, -0.15) is 5.26 Å². The first kappa shape index (κ1) is 21.9. The Labute approximate surface area is 198 Å². The second-order valence-electron chi connectivity index (χ2n) is 9.83. The van der Waals surface area contributed by atoms with E-state index in [2.05, 4.69) is 77.7 Å². The minimum absolute atomic E-state index is 0.602. The molecule has 0 aromatic heterocycles. The summed E-state index contributed by atoms with van der Waals surface area (Å²) in [5, 5.41) is 10.5. The minimum Gasteiger partial charge on any atom is -0.300 e. The van der Waals surface area contributed by atoms with Gasteiger partial charge in [-0.3, -0.25) is 0 Å². The molecule has 0 spiro atoms. The third-order valence-corrected chi connectivity index (χ3v) is 7.93. The predicted octanol–water partition coefficient (Wildman–Crippen LogP) is 6.47. The van der Waals surface area contributed by atoms with Crippen LogP contribution in [0.5, 0.6) is 0 Å². The molecule has 1 saturated heterocycles. The molecule has 1 atom stereocenters. The SMILES string of the molecule is N#CC(CCN1CCC[C@H]1CCc1ccc2c(c1)CCC2)(c1ccccc1)c1ccccc1. The van der Waals surface area contributed by atoms with Crippen molar-refractivity contribution in [1.82, 2.24) is 4.90 Å². The zero-order chi connectivity index (χ0) is 22.5. The van der Waals surface area contributed by atoms with Crippen molar-refractivity contribution < 1.29 is 0 Å². The maximum Gasteiger partial charge on any atom is 0.108 e. The van der Waals surface area contributed by atoms with E-state index in [-0.39, 0.29) is 0 Å². The second kappa shape index (κ2) is 9.94. The number of nitriles is 1. The Morgan fingerprint density at radius 3 is 2.24 bits per heavy atom. The number of likely N-dealkylation sites (tertiary alicyclic amines) is 1. The van der Waals surface area contributed by atoms with Gasteiger partial charge in [0.1, 0.15) is 5.41 Å². The quantitative estimate of drug-likeness (QED) is 0.406. The second-order valence-corrected chi connectivity index (χ2v) is 9.83. The predicted molar refractivity (Wildman–Crippen MR) is 135 cm³/mol. The van der Waals surface area contributed by atoms with Gasteiger partial charge < -0.3 is 4.90 Å². The molecule has 0 saturated carbocycles. The van der Waals surface area contributed by atoms with Crippen molar-refractivity contribution in [2.45, 2.75) is 62.8 Å². The molecule has 3 aromatic rings. The summed E-state index contributed by atoms with van der Waals surface area (Å²) in [5.41, 5.74) is 6.26. The van der Waals surface area contributed by atoms with Gasteiger partial charge in [-0.1, -0.05) is 78.9 Å². The maximum absolute atomic E-state index is 10.5. The van der Waals surface area contributed by atoms with Crippen LogP contribution in [0, 0.1) is 11.3 Å². The molecular formula is C31H34N2. The van der Waals surface area contributed by atoms with Gasteiger partial charge in [0.05, 0.1) is 6.07 Å². The summed E-state index contributed by atoms with van der Waals surface area (Å²) in [7, 11) is 0. The fourth-order valence-corrected chi connectivity index (χ4v) is 6.03. The first-order chi connectivity index (χ1) is 16.3. The number of hydrogen-bond acceptors (Lipinski definition) is 2. The molecule has 33 heavy (non-hydrogen) atoms. The number of aryl methyl sites for hydroxylation is 3. The largest absolute Gasteiger partial charge is 0.300 e. The molecule has 1 aliphatic carbocycles. The lowest BCUT2D eigenvalue weighted by molar-refractivity contribution is 0.230. The van der Waals surface area contributed by atoms with E-state index >= 15 is 0 Å². The Hall–Kier alpha value is -2.89. The minimum atomic E-state index is -0.602. The van der Waals surface area contributed by atoms with Crippen LogP contribution in [0.15, 0.2) is 78.9 Å². The monoisotopic (exact) mass is 434 g/mol. The average Bonchev–Trinajstić information content (AvgIpc) is 3.54. The van der Waals surface area contributed by atoms with Gasteiger partial charge >= 0.3 is 0 Å². The molecule has 1 fully saturated rings. The normalized spacial score (nSPS) is 18.2. The van der Waals surface area contributed by atoms with Gasteiger partial charge in [0.15, 0.2) is 0 Å². The van der Waals surface area contributed by atoms with E-state index in [0.717, 1.165) is 37.1 Å². The van der Waals surface area contributed by atoms with Crippen molar-refractivity contribution in [1.29, 1.82) is 5.26 Å². The van der Waals surface area contributed by atoms with Crippen molar-refractivity contribution >= 4 is 0 Å². The summed E-state index contributed by atoms with van der Waals surface area (Å²) in [6.45, 7) is 2.12. The lowest BCUT2D eigenvalue weighted by Crippen LogP contribution is -2.36. The summed E-state index contributed by atoms with van der Waals surface area (Å²) < 4.78 is 0. The van der Waals surface area contributed by atoms with E-state index in [1.165, 1.54) is 44.1 Å². The zero-order valence-electron chi connectivity index (χ0n) is 19.5. The van der Waals surface area contributed by atoms with Gasteiger partial charge in [-0.15, -0.1) is 0 Å². The molecule has 3 aromatic carbocycles. The van der Waals surface area contributed by atoms with Crippen LogP contribution in [0.4, 0.5) is 0 Å². The van der Waals surface area contributed by atoms with Crippen molar-refractivity contribution in [3.8, 4) is 6.07 Å². The first-order valence-corrected chi connectivity index (χ1v) is 12.7. The smallest absolute Gasteiger partial charge is 0.108 e. The Morgan fingerprint density at radius 2 is 1.55 bits per heavy atom. The molecular weight excluding hydrogens is 400 g/mol. The van der Waals surface area contributed by atoms with E-state index in [0.29, 0.717) is 6.04 Å². The lowest BCUT2D eigenvalue weighted by Gasteiger charge is -2.32. The van der Waals surface area contributed by atoms with Crippen molar-refractivity contribution in [2.24, 2.45) is 0 Å². The first-order valence-electron chi connectivity index (χ1n) is 12.7. The van der Waals surface area contributed by atoms with Crippen LogP contribution in [-0.2, 0) is 24.7 Å². The van der Waals surface area contributed by atoms with Crippen LogP contribution in [0.1, 0.15) is 59.9 Å². The molecule has 168 valence electrons. The van der Waals surface area contributed by atoms with Crippen LogP contribution in [-0.4, -0.2) is 24.0 Å². The molecule has 5 rings (SSSR count). The van der Waals surface area contributed by atoms with Gasteiger partial charge in [0, 0.05) is 12.6 Å². The van der Waals surface area contributed by atoms with Crippen LogP contribution < -0.4 is 0 Å². The molecule has 2 aliphatic rings. The highest BCUT2D eigenvalue weighted by atomic mass is 15.2. The highest BCUT2D eigenvalue weighted by molar-refractivity contribution is 5.45. The van der Waals surface area contributed by atoms with Crippen molar-refractivity contribution in [2.75, 3.05) is 13.1 Å². The topological polar surface area (TPSA) is 27.0 Å². The Bertz CT molecular complexity index is 1060. The summed E-state index contributed by atoms with van der Waals surface area (Å²) in [4.78, 5) is 2.66. The van der Waals surface area contributed by atoms with Gasteiger partial charge in [-0.25, -0.2) is 0 Å². The average molecular weight is 435 g/mol. The fraction of sp³-hybridized carbons (Fsp3) is 0.387. The van der Waals surface area contributed by atoms with Crippen molar-refractivity contribution in [3.05, 3.63) is 107 Å². The van der Waals surface area contributed by atoms with Crippen LogP contribution in [0.25, 0.3) is 0 Å². The highest BCUT2D eigenvalue weighted by Gasteiger charge is 2.36. The summed E-state index contributed by atoms with van der Waals surface area (Å²) in [5.74, 6) is 0. The van der Waals surface area contributed by atoms with Gasteiger partial charge in [0.2, 0.25) is 0 Å². The Balaban J connectivity index is 1.29.